The zero-order valence-electron chi connectivity index (χ0n) is 23.6. The molecule has 220 valence electrons. The van der Waals surface area contributed by atoms with Crippen molar-refractivity contribution in [3.05, 3.63) is 86.7 Å². The number of hydrogen-bond donors (Lipinski definition) is 0. The van der Waals surface area contributed by atoms with Crippen molar-refractivity contribution in [3.8, 4) is 28.8 Å². The van der Waals surface area contributed by atoms with Gasteiger partial charge in [0.05, 0.1) is 47.8 Å². The van der Waals surface area contributed by atoms with Crippen LogP contribution in [0, 0.1) is 10.1 Å². The minimum atomic E-state index is -0.698. The highest BCUT2D eigenvalue weighted by molar-refractivity contribution is 5.89. The van der Waals surface area contributed by atoms with E-state index in [1.807, 2.05) is 0 Å². The first kappa shape index (κ1) is 28.8. The van der Waals surface area contributed by atoms with Crippen molar-refractivity contribution in [2.24, 2.45) is 5.10 Å². The van der Waals surface area contributed by atoms with Crippen LogP contribution in [0.4, 0.5) is 5.69 Å². The molecule has 0 aliphatic rings. The lowest BCUT2D eigenvalue weighted by Crippen LogP contribution is -2.20. The molecule has 0 saturated heterocycles. The Bertz CT molecular complexity index is 1940. The molecule has 3 aromatic carbocycles. The van der Waals surface area contributed by atoms with Crippen molar-refractivity contribution >= 4 is 39.7 Å². The highest BCUT2D eigenvalue weighted by atomic mass is 16.6. The van der Waals surface area contributed by atoms with Crippen LogP contribution in [0.2, 0.25) is 0 Å². The zero-order chi connectivity index (χ0) is 30.7. The molecule has 13 heteroatoms. The molecule has 0 unspecified atom stereocenters. The summed E-state index contributed by atoms with van der Waals surface area (Å²) >= 11 is 0. The van der Waals surface area contributed by atoms with Gasteiger partial charge in [0, 0.05) is 11.6 Å². The maximum absolute atomic E-state index is 13.6. The first-order valence-electron chi connectivity index (χ1n) is 13.0. The monoisotopic (exact) mass is 586 g/mol. The number of nitrogens with zero attached hydrogens (tertiary/aromatic N) is 4. The molecule has 5 aromatic rings. The molecule has 43 heavy (non-hydrogen) atoms. The minimum absolute atomic E-state index is 0.0263. The number of aromatic nitrogens is 2. The highest BCUT2D eigenvalue weighted by Crippen LogP contribution is 2.38. The number of carbonyl (C=O) groups is 1. The number of methoxy groups -OCH3 is 2. The van der Waals surface area contributed by atoms with E-state index in [0.29, 0.717) is 27.6 Å². The van der Waals surface area contributed by atoms with E-state index < -0.39 is 28.7 Å². The van der Waals surface area contributed by atoms with Gasteiger partial charge >= 0.3 is 11.7 Å². The zero-order valence-corrected chi connectivity index (χ0v) is 23.6. The maximum atomic E-state index is 13.6. The molecule has 0 fully saturated rings. The predicted molar refractivity (Wildman–Crippen MR) is 157 cm³/mol. The van der Waals surface area contributed by atoms with E-state index in [2.05, 4.69) is 10.1 Å². The summed E-state index contributed by atoms with van der Waals surface area (Å²) in [7, 11) is 2.84. The summed E-state index contributed by atoms with van der Waals surface area (Å²) in [6.45, 7) is 2.77. The Balaban J connectivity index is 1.61. The fourth-order valence-electron chi connectivity index (χ4n) is 4.38. The van der Waals surface area contributed by atoms with Crippen LogP contribution >= 0.6 is 0 Å². The molecular weight excluding hydrogens is 560 g/mol. The largest absolute Gasteiger partial charge is 0.496 e. The Morgan fingerprint density at radius 1 is 1.07 bits per heavy atom. The number of furan rings is 1. The average Bonchev–Trinajstić information content (AvgIpc) is 3.43. The Hall–Kier alpha value is -5.72. The van der Waals surface area contributed by atoms with Gasteiger partial charge in [0.2, 0.25) is 11.6 Å². The molecule has 2 aromatic heterocycles. The van der Waals surface area contributed by atoms with E-state index in [1.54, 1.807) is 62.4 Å². The van der Waals surface area contributed by atoms with Gasteiger partial charge in [-0.3, -0.25) is 14.9 Å². The van der Waals surface area contributed by atoms with E-state index in [-0.39, 0.29) is 34.8 Å². The first-order valence-corrected chi connectivity index (χ1v) is 13.0. The van der Waals surface area contributed by atoms with Gasteiger partial charge in [0.25, 0.3) is 5.56 Å². The number of benzene rings is 3. The van der Waals surface area contributed by atoms with Gasteiger partial charge in [-0.05, 0) is 50.2 Å². The Kier molecular flexibility index (Phi) is 8.05. The summed E-state index contributed by atoms with van der Waals surface area (Å²) in [5, 5.41) is 17.3. The molecular formula is C30H26N4O9. The van der Waals surface area contributed by atoms with Crippen molar-refractivity contribution in [3.63, 3.8) is 0 Å². The van der Waals surface area contributed by atoms with Crippen molar-refractivity contribution in [2.75, 3.05) is 20.8 Å². The summed E-state index contributed by atoms with van der Waals surface area (Å²) in [5.41, 5.74) is 0.177. The second-order valence-corrected chi connectivity index (χ2v) is 9.45. The quantitative estimate of drug-likeness (QED) is 0.0949. The highest BCUT2D eigenvalue weighted by Gasteiger charge is 2.24. The van der Waals surface area contributed by atoms with Gasteiger partial charge in [-0.25, -0.2) is 9.78 Å². The molecule has 0 radical (unpaired) electrons. The van der Waals surface area contributed by atoms with Gasteiger partial charge in [-0.1, -0.05) is 18.2 Å². The van der Waals surface area contributed by atoms with Gasteiger partial charge in [0.1, 0.15) is 11.3 Å². The van der Waals surface area contributed by atoms with Gasteiger partial charge < -0.3 is 23.4 Å². The Labute approximate surface area is 244 Å². The van der Waals surface area contributed by atoms with Crippen LogP contribution in [0.15, 0.2) is 75.0 Å². The molecule has 2 heterocycles. The molecule has 0 atom stereocenters. The minimum Gasteiger partial charge on any atom is -0.496 e. The number of ether oxygens (including phenoxy) is 4. The maximum Gasteiger partial charge on any atom is 0.344 e. The number of fused-ring (bicyclic) bond motifs is 2. The van der Waals surface area contributed by atoms with Crippen LogP contribution in [0.1, 0.15) is 19.4 Å². The Morgan fingerprint density at radius 2 is 1.84 bits per heavy atom. The lowest BCUT2D eigenvalue weighted by Gasteiger charge is -2.13. The second-order valence-electron chi connectivity index (χ2n) is 9.45. The van der Waals surface area contributed by atoms with Crippen LogP contribution in [0.5, 0.6) is 17.2 Å². The number of hydrogen-bond acceptors (Lipinski definition) is 11. The molecule has 0 aliphatic carbocycles. The van der Waals surface area contributed by atoms with E-state index >= 15 is 0 Å². The van der Waals surface area contributed by atoms with Crippen molar-refractivity contribution in [2.45, 2.75) is 20.0 Å². The number of para-hydroxylation sites is 1. The molecule has 0 amide bonds. The van der Waals surface area contributed by atoms with Crippen LogP contribution in [-0.4, -0.2) is 53.7 Å². The SMILES string of the molecule is COc1cc(C=Nn2c(-c3cc4c(OC)cccc4o3)nc3ccccc3c2=O)cc([N+](=O)[O-])c1OCC(=O)OC(C)C. The molecule has 0 spiro atoms. The smallest absolute Gasteiger partial charge is 0.344 e. The molecule has 0 saturated carbocycles. The van der Waals surface area contributed by atoms with Crippen LogP contribution < -0.4 is 19.8 Å². The molecule has 0 aliphatic heterocycles. The number of rotatable bonds is 10. The molecule has 0 N–H and O–H groups in total. The Morgan fingerprint density at radius 3 is 2.56 bits per heavy atom. The van der Waals surface area contributed by atoms with Crippen molar-refractivity contribution < 1.29 is 33.1 Å². The normalized spacial score (nSPS) is 11.4. The summed E-state index contributed by atoms with van der Waals surface area (Å²) in [4.78, 5) is 41.5. The van der Waals surface area contributed by atoms with E-state index in [9.17, 15) is 19.7 Å². The third-order valence-corrected chi connectivity index (χ3v) is 6.21. The summed E-state index contributed by atoms with van der Waals surface area (Å²) < 4.78 is 28.3. The van der Waals surface area contributed by atoms with Crippen LogP contribution in [0.25, 0.3) is 33.5 Å². The van der Waals surface area contributed by atoms with E-state index in [4.69, 9.17) is 23.4 Å². The number of carbonyl (C=O) groups excluding carboxylic acids is 1. The standard InChI is InChI=1S/C30H26N4O9/c1-17(2)42-27(35)16-41-28-22(34(37)38)12-18(13-25(28)40-4)15-31-33-29(32-21-9-6-5-8-19(21)30(33)36)26-14-20-23(39-3)10-7-11-24(20)43-26/h5-15,17H,16H2,1-4H3. The van der Waals surface area contributed by atoms with Crippen LogP contribution in [0.3, 0.4) is 0 Å². The third kappa shape index (κ3) is 5.86. The number of esters is 1. The molecule has 0 bridgehead atoms. The summed E-state index contributed by atoms with van der Waals surface area (Å²) in [6, 6.07) is 16.4. The average molecular weight is 587 g/mol. The summed E-state index contributed by atoms with van der Waals surface area (Å²) in [6.07, 6.45) is 0.864. The van der Waals surface area contributed by atoms with E-state index in [0.717, 1.165) is 4.68 Å². The van der Waals surface area contributed by atoms with Crippen molar-refractivity contribution in [1.82, 2.24) is 9.66 Å². The molecule has 5 rings (SSSR count). The lowest BCUT2D eigenvalue weighted by molar-refractivity contribution is -0.385. The predicted octanol–water partition coefficient (Wildman–Crippen LogP) is 4.95. The topological polar surface area (TPSA) is 158 Å². The van der Waals surface area contributed by atoms with Crippen molar-refractivity contribution in [1.29, 1.82) is 0 Å². The first-order chi connectivity index (χ1) is 20.7. The number of nitro benzene ring substituents is 1. The fourth-order valence-corrected chi connectivity index (χ4v) is 4.38. The summed E-state index contributed by atoms with van der Waals surface area (Å²) in [5.74, 6) is -0.0578. The van der Waals surface area contributed by atoms with Gasteiger partial charge in [-0.15, -0.1) is 0 Å². The third-order valence-electron chi connectivity index (χ3n) is 6.21. The number of nitro groups is 1. The second kappa shape index (κ2) is 12.0. The van der Waals surface area contributed by atoms with Gasteiger partial charge in [-0.2, -0.15) is 9.78 Å². The van der Waals surface area contributed by atoms with E-state index in [1.165, 1.54) is 32.6 Å². The van der Waals surface area contributed by atoms with Gasteiger partial charge in [0.15, 0.2) is 18.1 Å². The lowest BCUT2D eigenvalue weighted by atomic mass is 10.2. The van der Waals surface area contributed by atoms with Crippen LogP contribution in [-0.2, 0) is 9.53 Å². The molecule has 13 nitrogen and oxygen atoms in total. The fraction of sp³-hybridized carbons (Fsp3) is 0.200.